The first kappa shape index (κ1) is 17.2. The molecule has 132 valence electrons. The van der Waals surface area contributed by atoms with E-state index in [0.717, 1.165) is 38.2 Å². The van der Waals surface area contributed by atoms with Crippen LogP contribution in [0.1, 0.15) is 32.3 Å². The van der Waals surface area contributed by atoms with E-state index in [1.807, 2.05) is 24.0 Å². The van der Waals surface area contributed by atoms with Crippen LogP contribution in [-0.2, 0) is 11.3 Å². The number of carbonyl (C=O) groups excluding carboxylic acids is 1. The van der Waals surface area contributed by atoms with Gasteiger partial charge in [-0.05, 0) is 43.4 Å². The third-order valence-corrected chi connectivity index (χ3v) is 5.64. The number of aliphatic hydroxyl groups is 1. The summed E-state index contributed by atoms with van der Waals surface area (Å²) in [6, 6.07) is 8.49. The molecule has 24 heavy (non-hydrogen) atoms. The molecule has 0 aromatic heterocycles. The number of benzene rings is 1. The van der Waals surface area contributed by atoms with Crippen molar-refractivity contribution in [2.24, 2.45) is 5.92 Å². The number of amides is 1. The number of aliphatic hydroxyl groups excluding tert-OH is 1. The predicted octanol–water partition coefficient (Wildman–Crippen LogP) is 1.89. The fourth-order valence-electron chi connectivity index (χ4n) is 4.59. The Bertz CT molecular complexity index is 589. The third-order valence-electron chi connectivity index (χ3n) is 5.64. The highest BCUT2D eigenvalue weighted by molar-refractivity contribution is 5.75. The predicted molar refractivity (Wildman–Crippen MR) is 92.8 cm³/mol. The molecule has 2 aliphatic heterocycles. The maximum absolute atomic E-state index is 12.1. The van der Waals surface area contributed by atoms with Gasteiger partial charge in [-0.2, -0.15) is 0 Å². The van der Waals surface area contributed by atoms with Gasteiger partial charge in [0.15, 0.2) is 0 Å². The maximum atomic E-state index is 12.1. The quantitative estimate of drug-likeness (QED) is 0.915. The van der Waals surface area contributed by atoms with E-state index in [1.165, 1.54) is 5.56 Å². The van der Waals surface area contributed by atoms with Gasteiger partial charge in [-0.15, -0.1) is 0 Å². The first-order chi connectivity index (χ1) is 11.5. The lowest BCUT2D eigenvalue weighted by Crippen LogP contribution is -2.52. The Kier molecular flexibility index (Phi) is 4.83. The van der Waals surface area contributed by atoms with Crippen LogP contribution in [0.15, 0.2) is 24.3 Å². The van der Waals surface area contributed by atoms with Crippen LogP contribution in [0, 0.1) is 5.92 Å². The van der Waals surface area contributed by atoms with Crippen molar-refractivity contribution in [1.82, 2.24) is 9.80 Å². The number of rotatable bonds is 4. The summed E-state index contributed by atoms with van der Waals surface area (Å²) in [7, 11) is 1.68. The number of piperidine rings is 1. The molecule has 2 aliphatic rings. The van der Waals surface area contributed by atoms with E-state index in [0.29, 0.717) is 5.92 Å². The lowest BCUT2D eigenvalue weighted by Gasteiger charge is -2.40. The molecule has 2 saturated heterocycles. The van der Waals surface area contributed by atoms with E-state index in [4.69, 9.17) is 4.74 Å². The molecule has 1 aromatic rings. The van der Waals surface area contributed by atoms with Gasteiger partial charge in [-0.25, -0.2) is 0 Å². The van der Waals surface area contributed by atoms with Gasteiger partial charge in [-0.3, -0.25) is 9.69 Å². The largest absolute Gasteiger partial charge is 0.497 e. The lowest BCUT2D eigenvalue weighted by molar-refractivity contribution is -0.137. The smallest absolute Gasteiger partial charge is 0.220 e. The Hall–Kier alpha value is -1.59. The topological polar surface area (TPSA) is 53.0 Å². The zero-order chi connectivity index (χ0) is 17.3. The van der Waals surface area contributed by atoms with Gasteiger partial charge in [0.25, 0.3) is 0 Å². The molecule has 5 heteroatoms. The lowest BCUT2D eigenvalue weighted by atomic mass is 9.89. The van der Waals surface area contributed by atoms with Gasteiger partial charge in [0.05, 0.1) is 19.3 Å². The Morgan fingerprint density at radius 3 is 2.67 bits per heavy atom. The van der Waals surface area contributed by atoms with Crippen molar-refractivity contribution in [1.29, 1.82) is 0 Å². The molecule has 0 saturated carbocycles. The van der Waals surface area contributed by atoms with Crippen LogP contribution in [0.25, 0.3) is 0 Å². The molecule has 3 rings (SSSR count). The first-order valence-electron chi connectivity index (χ1n) is 8.73. The van der Waals surface area contributed by atoms with Gasteiger partial charge in [-0.1, -0.05) is 12.1 Å². The Morgan fingerprint density at radius 2 is 2.08 bits per heavy atom. The number of likely N-dealkylation sites (tertiary alicyclic amines) is 2. The number of ether oxygens (including phenoxy) is 1. The van der Waals surface area contributed by atoms with Crippen LogP contribution in [0.4, 0.5) is 0 Å². The van der Waals surface area contributed by atoms with E-state index < -0.39 is 5.54 Å². The highest BCUT2D eigenvalue weighted by Gasteiger charge is 2.51. The highest BCUT2D eigenvalue weighted by atomic mass is 16.5. The van der Waals surface area contributed by atoms with Crippen molar-refractivity contribution in [2.75, 3.05) is 26.8 Å². The minimum Gasteiger partial charge on any atom is -0.497 e. The fraction of sp³-hybridized carbons (Fsp3) is 0.632. The van der Waals surface area contributed by atoms with Crippen LogP contribution < -0.4 is 4.74 Å². The zero-order valence-corrected chi connectivity index (χ0v) is 14.9. The van der Waals surface area contributed by atoms with Gasteiger partial charge in [0, 0.05) is 32.6 Å². The van der Waals surface area contributed by atoms with Crippen LogP contribution in [-0.4, -0.2) is 59.2 Å². The van der Waals surface area contributed by atoms with Crippen LogP contribution in [0.3, 0.4) is 0 Å². The SMILES string of the molecule is COc1ccc(CN2CC[C@H]3[C@H](C2)C[C@](C)(CO)N3C(C)=O)cc1. The Balaban J connectivity index is 1.67. The van der Waals surface area contributed by atoms with E-state index in [-0.39, 0.29) is 18.6 Å². The zero-order valence-electron chi connectivity index (χ0n) is 14.9. The Labute approximate surface area is 144 Å². The summed E-state index contributed by atoms with van der Waals surface area (Å²) >= 11 is 0. The number of carbonyl (C=O) groups is 1. The van der Waals surface area contributed by atoms with Crippen molar-refractivity contribution in [3.8, 4) is 5.75 Å². The molecule has 5 nitrogen and oxygen atoms in total. The average Bonchev–Trinajstić information content (AvgIpc) is 2.87. The van der Waals surface area contributed by atoms with E-state index >= 15 is 0 Å². The second-order valence-electron chi connectivity index (χ2n) is 7.45. The molecule has 1 N–H and O–H groups in total. The van der Waals surface area contributed by atoms with Crippen molar-refractivity contribution >= 4 is 5.91 Å². The summed E-state index contributed by atoms with van der Waals surface area (Å²) in [4.78, 5) is 16.5. The van der Waals surface area contributed by atoms with Crippen LogP contribution >= 0.6 is 0 Å². The summed E-state index contributed by atoms with van der Waals surface area (Å²) in [6.07, 6.45) is 1.86. The molecule has 2 fully saturated rings. The van der Waals surface area contributed by atoms with Gasteiger partial charge in [0.2, 0.25) is 5.91 Å². The first-order valence-corrected chi connectivity index (χ1v) is 8.73. The minimum atomic E-state index is -0.405. The number of nitrogens with zero attached hydrogens (tertiary/aromatic N) is 2. The summed E-state index contributed by atoms with van der Waals surface area (Å²) in [5.41, 5.74) is 0.873. The molecule has 2 heterocycles. The summed E-state index contributed by atoms with van der Waals surface area (Å²) in [5, 5.41) is 9.82. The Morgan fingerprint density at radius 1 is 1.38 bits per heavy atom. The summed E-state index contributed by atoms with van der Waals surface area (Å²) in [6.45, 7) is 6.57. The van der Waals surface area contributed by atoms with E-state index in [9.17, 15) is 9.90 Å². The van der Waals surface area contributed by atoms with Crippen molar-refractivity contribution in [3.63, 3.8) is 0 Å². The monoisotopic (exact) mass is 332 g/mol. The molecule has 1 amide bonds. The van der Waals surface area contributed by atoms with Gasteiger partial charge < -0.3 is 14.7 Å². The summed E-state index contributed by atoms with van der Waals surface area (Å²) < 4.78 is 5.21. The molecule has 3 atom stereocenters. The second-order valence-corrected chi connectivity index (χ2v) is 7.45. The molecule has 0 spiro atoms. The standard InChI is InChI=1S/C19H28N2O3/c1-14(23)21-18-8-9-20(12-16(18)10-19(21,2)13-22)11-15-4-6-17(24-3)7-5-15/h4-7,16,18,22H,8-13H2,1-3H3/t16-,18-,19+/m0/s1. The summed E-state index contributed by atoms with van der Waals surface area (Å²) in [5.74, 6) is 1.41. The van der Waals surface area contributed by atoms with Crippen molar-refractivity contribution < 1.29 is 14.6 Å². The van der Waals surface area contributed by atoms with Gasteiger partial charge in [0.1, 0.15) is 5.75 Å². The molecule has 0 radical (unpaired) electrons. The van der Waals surface area contributed by atoms with Crippen LogP contribution in [0.5, 0.6) is 5.75 Å². The number of fused-ring (bicyclic) bond motifs is 1. The molecule has 0 aliphatic carbocycles. The van der Waals surface area contributed by atoms with E-state index in [2.05, 4.69) is 17.0 Å². The average molecular weight is 332 g/mol. The highest BCUT2D eigenvalue weighted by Crippen LogP contribution is 2.42. The molecule has 0 unspecified atom stereocenters. The third kappa shape index (κ3) is 3.15. The minimum absolute atomic E-state index is 0.0397. The molecular formula is C19H28N2O3. The van der Waals surface area contributed by atoms with Gasteiger partial charge >= 0.3 is 0 Å². The fourth-order valence-corrected chi connectivity index (χ4v) is 4.59. The molecular weight excluding hydrogens is 304 g/mol. The van der Waals surface area contributed by atoms with Crippen molar-refractivity contribution in [3.05, 3.63) is 29.8 Å². The molecule has 0 bridgehead atoms. The van der Waals surface area contributed by atoms with Crippen LogP contribution in [0.2, 0.25) is 0 Å². The van der Waals surface area contributed by atoms with Crippen molar-refractivity contribution in [2.45, 2.75) is 44.8 Å². The molecule has 1 aromatic carbocycles. The maximum Gasteiger partial charge on any atom is 0.220 e. The second kappa shape index (κ2) is 6.73. The van der Waals surface area contributed by atoms with E-state index in [1.54, 1.807) is 14.0 Å². The normalized spacial score (nSPS) is 30.2. The number of hydrogen-bond donors (Lipinski definition) is 1. The number of hydrogen-bond acceptors (Lipinski definition) is 4. The number of methoxy groups -OCH3 is 1.